The maximum absolute atomic E-state index is 12.9. The molecule has 35 heavy (non-hydrogen) atoms. The summed E-state index contributed by atoms with van der Waals surface area (Å²) in [5.41, 5.74) is 0.746. The molecule has 0 aliphatic rings. The average molecular weight is 516 g/mol. The summed E-state index contributed by atoms with van der Waals surface area (Å²) in [7, 11) is -4.28. The Kier molecular flexibility index (Phi) is 8.69. The zero-order chi connectivity index (χ0) is 25.6. The minimum Gasteiger partial charge on any atom is -0.459 e. The molecule has 1 aromatic heterocycles. The smallest absolute Gasteiger partial charge is 0.340 e. The summed E-state index contributed by atoms with van der Waals surface area (Å²) >= 11 is 1.40. The summed E-state index contributed by atoms with van der Waals surface area (Å²) in [5, 5.41) is 1.87. The number of carbonyl (C=O) groups excluding carboxylic acids is 2. The van der Waals surface area contributed by atoms with Crippen molar-refractivity contribution in [2.24, 2.45) is 5.92 Å². The van der Waals surface area contributed by atoms with Crippen LogP contribution in [-0.2, 0) is 21.4 Å². The van der Waals surface area contributed by atoms with Crippen molar-refractivity contribution in [3.05, 3.63) is 82.0 Å². The Labute approximate surface area is 210 Å². The van der Waals surface area contributed by atoms with Gasteiger partial charge in [-0.15, -0.1) is 11.3 Å². The number of esters is 1. The molecule has 1 amide bonds. The van der Waals surface area contributed by atoms with E-state index in [1.54, 1.807) is 43.0 Å². The van der Waals surface area contributed by atoms with Gasteiger partial charge in [0.15, 0.2) is 0 Å². The van der Waals surface area contributed by atoms with Crippen LogP contribution < -0.4 is 4.18 Å². The van der Waals surface area contributed by atoms with Gasteiger partial charge in [0.2, 0.25) is 0 Å². The molecule has 0 aliphatic heterocycles. The summed E-state index contributed by atoms with van der Waals surface area (Å²) in [6, 6.07) is 15.9. The van der Waals surface area contributed by atoms with Crippen LogP contribution in [0.2, 0.25) is 0 Å². The molecule has 186 valence electrons. The van der Waals surface area contributed by atoms with Gasteiger partial charge in [-0.1, -0.05) is 44.2 Å². The van der Waals surface area contributed by atoms with Crippen LogP contribution in [0, 0.1) is 5.92 Å². The fourth-order valence-corrected chi connectivity index (χ4v) is 5.20. The fourth-order valence-electron chi connectivity index (χ4n) is 3.39. The summed E-state index contributed by atoms with van der Waals surface area (Å²) in [6.07, 6.45) is -0.395. The first kappa shape index (κ1) is 26.4. The molecular weight excluding hydrogens is 486 g/mol. The second-order valence-corrected chi connectivity index (χ2v) is 11.2. The maximum Gasteiger partial charge on any atom is 0.340 e. The van der Waals surface area contributed by atoms with Crippen LogP contribution in [0.25, 0.3) is 0 Å². The van der Waals surface area contributed by atoms with E-state index in [2.05, 4.69) is 0 Å². The molecule has 0 aliphatic carbocycles. The lowest BCUT2D eigenvalue weighted by molar-refractivity contribution is 0.0372. The SMILES string of the molecule is CC(C)CN(Cc1ccc(OS(=O)(=O)c2ccccc2C(=O)OC(C)C)cc1)C(=O)c1cccs1. The molecule has 0 unspecified atom stereocenters. The first-order chi connectivity index (χ1) is 16.6. The van der Waals surface area contributed by atoms with Crippen molar-refractivity contribution < 1.29 is 26.9 Å². The van der Waals surface area contributed by atoms with E-state index in [1.807, 2.05) is 25.3 Å². The molecule has 0 fully saturated rings. The predicted molar refractivity (Wildman–Crippen MR) is 135 cm³/mol. The Morgan fingerprint density at radius 3 is 2.23 bits per heavy atom. The van der Waals surface area contributed by atoms with Crippen molar-refractivity contribution >= 4 is 33.3 Å². The Balaban J connectivity index is 1.77. The molecule has 0 bridgehead atoms. The van der Waals surface area contributed by atoms with Gasteiger partial charge in [-0.05, 0) is 61.0 Å². The number of amides is 1. The molecule has 0 saturated heterocycles. The lowest BCUT2D eigenvalue weighted by atomic mass is 10.1. The second kappa shape index (κ2) is 11.5. The number of carbonyl (C=O) groups is 2. The average Bonchev–Trinajstić information content (AvgIpc) is 3.33. The first-order valence-electron chi connectivity index (χ1n) is 11.2. The second-order valence-electron chi connectivity index (χ2n) is 8.69. The van der Waals surface area contributed by atoms with Crippen LogP contribution in [0.1, 0.15) is 53.3 Å². The van der Waals surface area contributed by atoms with E-state index < -0.39 is 22.2 Å². The van der Waals surface area contributed by atoms with Gasteiger partial charge in [0.05, 0.1) is 16.5 Å². The van der Waals surface area contributed by atoms with Gasteiger partial charge in [-0.3, -0.25) is 4.79 Å². The van der Waals surface area contributed by atoms with Gasteiger partial charge < -0.3 is 13.8 Å². The lowest BCUT2D eigenvalue weighted by Crippen LogP contribution is -2.33. The molecule has 0 atom stereocenters. The predicted octanol–water partition coefficient (Wildman–Crippen LogP) is 5.38. The van der Waals surface area contributed by atoms with Gasteiger partial charge in [0.1, 0.15) is 10.6 Å². The van der Waals surface area contributed by atoms with E-state index in [4.69, 9.17) is 8.92 Å². The third-order valence-electron chi connectivity index (χ3n) is 4.83. The Morgan fingerprint density at radius 1 is 0.943 bits per heavy atom. The summed E-state index contributed by atoms with van der Waals surface area (Å²) in [5.74, 6) is -0.393. The molecular formula is C26H29NO6S2. The monoisotopic (exact) mass is 515 g/mol. The number of hydrogen-bond donors (Lipinski definition) is 0. The normalized spacial score (nSPS) is 11.5. The van der Waals surface area contributed by atoms with E-state index in [9.17, 15) is 18.0 Å². The largest absolute Gasteiger partial charge is 0.459 e. The molecule has 1 heterocycles. The highest BCUT2D eigenvalue weighted by molar-refractivity contribution is 7.87. The van der Waals surface area contributed by atoms with Crippen LogP contribution >= 0.6 is 11.3 Å². The third-order valence-corrected chi connectivity index (χ3v) is 6.99. The molecule has 0 radical (unpaired) electrons. The van der Waals surface area contributed by atoms with E-state index in [-0.39, 0.29) is 28.0 Å². The fraction of sp³-hybridized carbons (Fsp3) is 0.308. The zero-order valence-corrected chi connectivity index (χ0v) is 21.8. The lowest BCUT2D eigenvalue weighted by Gasteiger charge is -2.24. The van der Waals surface area contributed by atoms with Gasteiger partial charge in [0, 0.05) is 13.1 Å². The van der Waals surface area contributed by atoms with Gasteiger partial charge >= 0.3 is 16.1 Å². The van der Waals surface area contributed by atoms with Gasteiger partial charge in [0.25, 0.3) is 5.91 Å². The summed E-state index contributed by atoms with van der Waals surface area (Å²) in [6.45, 7) is 8.43. The van der Waals surface area contributed by atoms with Crippen molar-refractivity contribution in [1.82, 2.24) is 4.90 Å². The molecule has 0 N–H and O–H groups in total. The standard InChI is InChI=1S/C26H29NO6S2/c1-18(2)16-27(25(28)23-9-7-15-34-23)17-20-11-13-21(14-12-20)33-35(30,31)24-10-6-5-8-22(24)26(29)32-19(3)4/h5-15,18-19H,16-17H2,1-4H3. The molecule has 9 heteroatoms. The number of thiophene rings is 1. The van der Waals surface area contributed by atoms with Crippen molar-refractivity contribution in [2.75, 3.05) is 6.54 Å². The quantitative estimate of drug-likeness (QED) is 0.266. The summed E-state index contributed by atoms with van der Waals surface area (Å²) < 4.78 is 36.3. The topological polar surface area (TPSA) is 90.0 Å². The molecule has 7 nitrogen and oxygen atoms in total. The van der Waals surface area contributed by atoms with Gasteiger partial charge in [-0.25, -0.2) is 4.79 Å². The van der Waals surface area contributed by atoms with E-state index in [0.29, 0.717) is 18.0 Å². The Morgan fingerprint density at radius 2 is 1.63 bits per heavy atom. The van der Waals surface area contributed by atoms with Crippen molar-refractivity contribution in [3.8, 4) is 5.75 Å². The Bertz CT molecular complexity index is 1250. The van der Waals surface area contributed by atoms with Crippen LogP contribution in [0.3, 0.4) is 0 Å². The first-order valence-corrected chi connectivity index (χ1v) is 13.5. The molecule has 0 spiro atoms. The van der Waals surface area contributed by atoms with Gasteiger partial charge in [-0.2, -0.15) is 8.42 Å². The van der Waals surface area contributed by atoms with E-state index in [1.165, 1.54) is 41.7 Å². The summed E-state index contributed by atoms with van der Waals surface area (Å²) in [4.78, 5) is 27.5. The molecule has 2 aromatic carbocycles. The van der Waals surface area contributed by atoms with E-state index in [0.717, 1.165) is 5.56 Å². The maximum atomic E-state index is 12.9. The van der Waals surface area contributed by atoms with Crippen LogP contribution in [0.4, 0.5) is 0 Å². The number of nitrogens with zero attached hydrogens (tertiary/aromatic N) is 1. The Hall–Kier alpha value is -3.17. The molecule has 0 saturated carbocycles. The highest BCUT2D eigenvalue weighted by Crippen LogP contribution is 2.24. The number of benzene rings is 2. The van der Waals surface area contributed by atoms with Crippen LogP contribution in [0.15, 0.2) is 70.9 Å². The zero-order valence-electron chi connectivity index (χ0n) is 20.1. The number of rotatable bonds is 10. The molecule has 3 rings (SSSR count). The van der Waals surface area contributed by atoms with Crippen LogP contribution in [0.5, 0.6) is 5.75 Å². The highest BCUT2D eigenvalue weighted by Gasteiger charge is 2.26. The van der Waals surface area contributed by atoms with Crippen molar-refractivity contribution in [1.29, 1.82) is 0 Å². The minimum absolute atomic E-state index is 0.0403. The van der Waals surface area contributed by atoms with Crippen molar-refractivity contribution in [2.45, 2.75) is 45.2 Å². The highest BCUT2D eigenvalue weighted by atomic mass is 32.2. The van der Waals surface area contributed by atoms with E-state index >= 15 is 0 Å². The number of ether oxygens (including phenoxy) is 1. The van der Waals surface area contributed by atoms with Crippen molar-refractivity contribution in [3.63, 3.8) is 0 Å². The number of hydrogen-bond acceptors (Lipinski definition) is 7. The van der Waals surface area contributed by atoms with Crippen LogP contribution in [-0.4, -0.2) is 37.8 Å². The third kappa shape index (κ3) is 7.16. The minimum atomic E-state index is -4.28. The molecule has 3 aromatic rings.